The molecule has 1 fully saturated rings. The van der Waals surface area contributed by atoms with E-state index in [1.54, 1.807) is 11.3 Å². The second kappa shape index (κ2) is 5.97. The van der Waals surface area contributed by atoms with Gasteiger partial charge in [0, 0.05) is 12.2 Å². The van der Waals surface area contributed by atoms with Crippen molar-refractivity contribution in [2.75, 3.05) is 37.7 Å². The third-order valence-corrected chi connectivity index (χ3v) is 5.06. The zero-order valence-corrected chi connectivity index (χ0v) is 12.7. The third kappa shape index (κ3) is 3.22. The lowest BCUT2D eigenvalue weighted by Crippen LogP contribution is -2.30. The zero-order chi connectivity index (χ0) is 13.9. The second-order valence-electron chi connectivity index (χ2n) is 5.71. The van der Waals surface area contributed by atoms with E-state index in [0.29, 0.717) is 0 Å². The fourth-order valence-corrected chi connectivity index (χ4v) is 3.69. The predicted molar refractivity (Wildman–Crippen MR) is 87.4 cm³/mol. The van der Waals surface area contributed by atoms with Gasteiger partial charge in [-0.25, -0.2) is 4.98 Å². The molecule has 20 heavy (non-hydrogen) atoms. The van der Waals surface area contributed by atoms with Crippen molar-refractivity contribution in [3.8, 4) is 0 Å². The van der Waals surface area contributed by atoms with Crippen LogP contribution in [0.15, 0.2) is 18.2 Å². The summed E-state index contributed by atoms with van der Waals surface area (Å²) in [5, 5.41) is 4.48. The number of likely N-dealkylation sites (tertiary alicyclic amines) is 1. The number of nitrogen functional groups attached to an aromatic ring is 1. The van der Waals surface area contributed by atoms with Gasteiger partial charge in [0.15, 0.2) is 5.13 Å². The Kier molecular flexibility index (Phi) is 4.08. The maximum Gasteiger partial charge on any atom is 0.183 e. The smallest absolute Gasteiger partial charge is 0.183 e. The van der Waals surface area contributed by atoms with E-state index in [0.717, 1.165) is 33.5 Å². The summed E-state index contributed by atoms with van der Waals surface area (Å²) in [6, 6.07) is 5.89. The Morgan fingerprint density at radius 3 is 3.00 bits per heavy atom. The number of hydrogen-bond acceptors (Lipinski definition) is 5. The summed E-state index contributed by atoms with van der Waals surface area (Å²) < 4.78 is 1.16. The molecule has 0 unspecified atom stereocenters. The van der Waals surface area contributed by atoms with E-state index in [1.807, 2.05) is 18.2 Å². The Balaban J connectivity index is 1.52. The van der Waals surface area contributed by atoms with Gasteiger partial charge in [-0.15, -0.1) is 0 Å². The first kappa shape index (κ1) is 13.6. The Labute approximate surface area is 124 Å². The highest BCUT2D eigenvalue weighted by Gasteiger charge is 2.16. The highest BCUT2D eigenvalue weighted by molar-refractivity contribution is 7.22. The molecule has 0 radical (unpaired) electrons. The number of nitrogens with zero attached hydrogens (tertiary/aromatic N) is 2. The Morgan fingerprint density at radius 1 is 1.40 bits per heavy atom. The minimum atomic E-state index is 0.805. The van der Waals surface area contributed by atoms with Gasteiger partial charge in [0.2, 0.25) is 0 Å². The van der Waals surface area contributed by atoms with Crippen LogP contribution in [0.2, 0.25) is 0 Å². The summed E-state index contributed by atoms with van der Waals surface area (Å²) >= 11 is 1.69. The number of benzene rings is 1. The molecule has 1 aliphatic heterocycles. The van der Waals surface area contributed by atoms with Gasteiger partial charge in [-0.2, -0.15) is 0 Å². The molecule has 0 saturated carbocycles. The summed E-state index contributed by atoms with van der Waals surface area (Å²) in [6.07, 6.45) is 3.90. The van der Waals surface area contributed by atoms with Crippen LogP contribution >= 0.6 is 11.3 Å². The third-order valence-electron chi connectivity index (χ3n) is 4.08. The maximum absolute atomic E-state index is 5.80. The van der Waals surface area contributed by atoms with Crippen LogP contribution in [0.3, 0.4) is 0 Å². The van der Waals surface area contributed by atoms with E-state index in [9.17, 15) is 0 Å². The van der Waals surface area contributed by atoms with Crippen LogP contribution in [-0.2, 0) is 0 Å². The van der Waals surface area contributed by atoms with Crippen LogP contribution in [-0.4, -0.2) is 36.6 Å². The molecule has 0 atom stereocenters. The van der Waals surface area contributed by atoms with Crippen molar-refractivity contribution >= 4 is 32.4 Å². The van der Waals surface area contributed by atoms with Crippen molar-refractivity contribution in [2.45, 2.75) is 19.3 Å². The fourth-order valence-electron chi connectivity index (χ4n) is 2.75. The van der Waals surface area contributed by atoms with Gasteiger partial charge in [-0.05, 0) is 63.5 Å². The standard InChI is InChI=1S/C15H22N4S/c1-19-8-5-11(6-9-19)4-7-17-15-18-13-3-2-12(16)10-14(13)20-15/h2-3,10-11H,4-9,16H2,1H3,(H,17,18). The molecule has 0 amide bonds. The molecule has 3 N–H and O–H groups in total. The molecule has 5 heteroatoms. The van der Waals surface area contributed by atoms with Gasteiger partial charge in [-0.3, -0.25) is 0 Å². The summed E-state index contributed by atoms with van der Waals surface area (Å²) in [4.78, 5) is 7.01. The molecule has 1 saturated heterocycles. The van der Waals surface area contributed by atoms with Crippen molar-refractivity contribution < 1.29 is 0 Å². The Morgan fingerprint density at radius 2 is 2.20 bits per heavy atom. The predicted octanol–water partition coefficient (Wildman–Crippen LogP) is 3.02. The van der Waals surface area contributed by atoms with Crippen LogP contribution in [0.1, 0.15) is 19.3 Å². The first-order valence-corrected chi connectivity index (χ1v) is 8.11. The topological polar surface area (TPSA) is 54.2 Å². The minimum absolute atomic E-state index is 0.805. The van der Waals surface area contributed by atoms with E-state index in [2.05, 4.69) is 22.2 Å². The van der Waals surface area contributed by atoms with Gasteiger partial charge < -0.3 is 16.0 Å². The van der Waals surface area contributed by atoms with E-state index in [4.69, 9.17) is 5.73 Å². The van der Waals surface area contributed by atoms with Crippen LogP contribution in [0, 0.1) is 5.92 Å². The number of hydrogen-bond donors (Lipinski definition) is 2. The lowest BCUT2D eigenvalue weighted by atomic mass is 9.94. The van der Waals surface area contributed by atoms with Gasteiger partial charge in [0.1, 0.15) is 0 Å². The molecule has 4 nitrogen and oxygen atoms in total. The van der Waals surface area contributed by atoms with Gasteiger partial charge in [0.05, 0.1) is 10.2 Å². The Bertz CT molecular complexity index is 572. The first-order chi connectivity index (χ1) is 9.70. The van der Waals surface area contributed by atoms with Crippen LogP contribution < -0.4 is 11.1 Å². The molecule has 3 rings (SSSR count). The first-order valence-electron chi connectivity index (χ1n) is 7.29. The largest absolute Gasteiger partial charge is 0.399 e. The van der Waals surface area contributed by atoms with Crippen molar-refractivity contribution in [3.05, 3.63) is 18.2 Å². The summed E-state index contributed by atoms with van der Waals surface area (Å²) in [6.45, 7) is 3.50. The number of nitrogens with two attached hydrogens (primary N) is 1. The average molecular weight is 290 g/mol. The number of piperidine rings is 1. The molecule has 1 aromatic heterocycles. The van der Waals surface area contributed by atoms with E-state index in [-0.39, 0.29) is 0 Å². The quantitative estimate of drug-likeness (QED) is 0.850. The summed E-state index contributed by atoms with van der Waals surface area (Å²) in [5.74, 6) is 0.865. The number of rotatable bonds is 4. The van der Waals surface area contributed by atoms with Gasteiger partial charge in [0.25, 0.3) is 0 Å². The van der Waals surface area contributed by atoms with Crippen molar-refractivity contribution in [1.29, 1.82) is 0 Å². The molecule has 2 heterocycles. The number of aromatic nitrogens is 1. The fraction of sp³-hybridized carbons (Fsp3) is 0.533. The summed E-state index contributed by atoms with van der Waals surface area (Å²) in [7, 11) is 2.21. The molecule has 108 valence electrons. The van der Waals surface area contributed by atoms with Gasteiger partial charge >= 0.3 is 0 Å². The highest BCUT2D eigenvalue weighted by atomic mass is 32.1. The van der Waals surface area contributed by atoms with Crippen molar-refractivity contribution in [2.24, 2.45) is 5.92 Å². The molecular formula is C15H22N4S. The highest BCUT2D eigenvalue weighted by Crippen LogP contribution is 2.28. The second-order valence-corrected chi connectivity index (χ2v) is 6.74. The van der Waals surface area contributed by atoms with Gasteiger partial charge in [-0.1, -0.05) is 11.3 Å². The summed E-state index contributed by atoms with van der Waals surface area (Å²) in [5.41, 5.74) is 7.63. The SMILES string of the molecule is CN1CCC(CCNc2nc3ccc(N)cc3s2)CC1. The average Bonchev–Trinajstić information content (AvgIpc) is 2.83. The Hall–Kier alpha value is -1.33. The zero-order valence-electron chi connectivity index (χ0n) is 11.9. The van der Waals surface area contributed by atoms with E-state index < -0.39 is 0 Å². The number of anilines is 2. The van der Waals surface area contributed by atoms with Crippen LogP contribution in [0.25, 0.3) is 10.2 Å². The molecule has 0 spiro atoms. The molecule has 0 aliphatic carbocycles. The van der Waals surface area contributed by atoms with Crippen molar-refractivity contribution in [3.63, 3.8) is 0 Å². The molecular weight excluding hydrogens is 268 g/mol. The lowest BCUT2D eigenvalue weighted by Gasteiger charge is -2.28. The normalized spacial score (nSPS) is 17.6. The van der Waals surface area contributed by atoms with E-state index >= 15 is 0 Å². The maximum atomic E-state index is 5.80. The molecule has 0 bridgehead atoms. The van der Waals surface area contributed by atoms with E-state index in [1.165, 1.54) is 32.4 Å². The minimum Gasteiger partial charge on any atom is -0.399 e. The molecule has 1 aromatic carbocycles. The van der Waals surface area contributed by atoms with Crippen molar-refractivity contribution in [1.82, 2.24) is 9.88 Å². The molecule has 1 aliphatic rings. The monoisotopic (exact) mass is 290 g/mol. The lowest BCUT2D eigenvalue weighted by molar-refractivity contribution is 0.215. The number of nitrogens with one attached hydrogen (secondary N) is 1. The molecule has 2 aromatic rings. The van der Waals surface area contributed by atoms with Crippen LogP contribution in [0.4, 0.5) is 10.8 Å². The number of thiazole rings is 1. The van der Waals surface area contributed by atoms with Crippen LogP contribution in [0.5, 0.6) is 0 Å². The number of fused-ring (bicyclic) bond motifs is 1.